The molecule has 2 aromatic rings. The van der Waals surface area contributed by atoms with E-state index in [0.717, 1.165) is 23.6 Å². The van der Waals surface area contributed by atoms with Gasteiger partial charge in [0.05, 0.1) is 22.6 Å². The first-order valence-corrected chi connectivity index (χ1v) is 7.56. The van der Waals surface area contributed by atoms with Crippen LogP contribution in [0.25, 0.3) is 0 Å². The van der Waals surface area contributed by atoms with Crippen molar-refractivity contribution in [1.29, 1.82) is 0 Å². The highest BCUT2D eigenvalue weighted by Gasteiger charge is 2.26. The Balaban J connectivity index is 2.09. The first kappa shape index (κ1) is 14.9. The lowest BCUT2D eigenvalue weighted by atomic mass is 10.1. The van der Waals surface area contributed by atoms with Crippen LogP contribution >= 0.6 is 11.6 Å². The molecule has 2 aromatic carbocycles. The molecule has 0 saturated carbocycles. The lowest BCUT2D eigenvalue weighted by Crippen LogP contribution is -2.36. The fourth-order valence-corrected chi connectivity index (χ4v) is 2.71. The minimum absolute atomic E-state index is 0.0307. The molecule has 22 heavy (non-hydrogen) atoms. The number of amides is 1. The summed E-state index contributed by atoms with van der Waals surface area (Å²) in [4.78, 5) is 16.8. The fraction of sp³-hybridized carbons (Fsp3) is 0.235. The zero-order valence-corrected chi connectivity index (χ0v) is 13.4. The van der Waals surface area contributed by atoms with Crippen LogP contribution in [-0.2, 0) is 0 Å². The third kappa shape index (κ3) is 2.80. The second-order valence-electron chi connectivity index (χ2n) is 5.59. The molecular weight excluding hydrogens is 298 g/mol. The van der Waals surface area contributed by atoms with Crippen molar-refractivity contribution in [3.63, 3.8) is 0 Å². The van der Waals surface area contributed by atoms with E-state index in [1.165, 1.54) is 0 Å². The van der Waals surface area contributed by atoms with Crippen LogP contribution < -0.4 is 10.2 Å². The second-order valence-corrected chi connectivity index (χ2v) is 6.03. The highest BCUT2D eigenvalue weighted by Crippen LogP contribution is 2.36. The number of carbonyl (C=O) groups is 1. The predicted octanol–water partition coefficient (Wildman–Crippen LogP) is 3.61. The summed E-state index contributed by atoms with van der Waals surface area (Å²) in [6, 6.07) is 13.2. The SMILES string of the molecule is CN(C)CCN1C(=O)c2cc(Cl)ccc2Nc2ccccc21. The molecule has 1 amide bonds. The number of halogens is 1. The number of likely N-dealkylation sites (N-methyl/N-ethyl adjacent to an activating group) is 1. The number of rotatable bonds is 3. The molecule has 4 nitrogen and oxygen atoms in total. The Bertz CT molecular complexity index is 715. The lowest BCUT2D eigenvalue weighted by Gasteiger charge is -2.24. The number of nitrogens with one attached hydrogen (secondary N) is 1. The number of anilines is 3. The molecule has 0 spiro atoms. The maximum absolute atomic E-state index is 13.0. The van der Waals surface area contributed by atoms with E-state index in [2.05, 4.69) is 10.2 Å². The molecule has 5 heteroatoms. The van der Waals surface area contributed by atoms with E-state index >= 15 is 0 Å². The van der Waals surface area contributed by atoms with Crippen molar-refractivity contribution >= 4 is 34.6 Å². The summed E-state index contributed by atoms with van der Waals surface area (Å²) in [5.74, 6) is -0.0307. The molecule has 1 aliphatic rings. The van der Waals surface area contributed by atoms with Gasteiger partial charge >= 0.3 is 0 Å². The lowest BCUT2D eigenvalue weighted by molar-refractivity contribution is 0.0986. The van der Waals surface area contributed by atoms with E-state index in [1.807, 2.05) is 49.3 Å². The highest BCUT2D eigenvalue weighted by atomic mass is 35.5. The molecule has 0 unspecified atom stereocenters. The Morgan fingerprint density at radius 3 is 2.68 bits per heavy atom. The van der Waals surface area contributed by atoms with E-state index in [4.69, 9.17) is 11.6 Å². The predicted molar refractivity (Wildman–Crippen MR) is 91.4 cm³/mol. The minimum atomic E-state index is -0.0307. The normalized spacial score (nSPS) is 13.5. The summed E-state index contributed by atoms with van der Waals surface area (Å²) in [5.41, 5.74) is 3.20. The molecule has 0 bridgehead atoms. The average molecular weight is 316 g/mol. The van der Waals surface area contributed by atoms with Gasteiger partial charge in [-0.2, -0.15) is 0 Å². The topological polar surface area (TPSA) is 35.6 Å². The van der Waals surface area contributed by atoms with Gasteiger partial charge in [0, 0.05) is 18.1 Å². The molecule has 0 saturated heterocycles. The van der Waals surface area contributed by atoms with Crippen LogP contribution in [0.15, 0.2) is 42.5 Å². The molecule has 1 heterocycles. The van der Waals surface area contributed by atoms with E-state index in [0.29, 0.717) is 17.1 Å². The first-order valence-electron chi connectivity index (χ1n) is 7.18. The van der Waals surface area contributed by atoms with E-state index < -0.39 is 0 Å². The van der Waals surface area contributed by atoms with Crippen molar-refractivity contribution in [1.82, 2.24) is 4.90 Å². The third-order valence-electron chi connectivity index (χ3n) is 3.69. The molecule has 0 aromatic heterocycles. The summed E-state index contributed by atoms with van der Waals surface area (Å²) >= 11 is 6.08. The Morgan fingerprint density at radius 1 is 1.14 bits per heavy atom. The summed E-state index contributed by atoms with van der Waals surface area (Å²) in [6.45, 7) is 1.41. The van der Waals surface area contributed by atoms with Crippen molar-refractivity contribution < 1.29 is 4.79 Å². The van der Waals surface area contributed by atoms with Gasteiger partial charge in [0.2, 0.25) is 0 Å². The van der Waals surface area contributed by atoms with Crippen LogP contribution in [0.4, 0.5) is 17.1 Å². The molecule has 114 valence electrons. The maximum Gasteiger partial charge on any atom is 0.260 e. The van der Waals surface area contributed by atoms with E-state index in [-0.39, 0.29) is 5.91 Å². The van der Waals surface area contributed by atoms with Crippen LogP contribution in [0.1, 0.15) is 10.4 Å². The number of para-hydroxylation sites is 2. The van der Waals surface area contributed by atoms with Crippen LogP contribution in [0, 0.1) is 0 Å². The number of benzene rings is 2. The van der Waals surface area contributed by atoms with Crippen LogP contribution in [0.3, 0.4) is 0 Å². The number of fused-ring (bicyclic) bond motifs is 2. The molecule has 0 fully saturated rings. The summed E-state index contributed by atoms with van der Waals surface area (Å²) in [7, 11) is 3.99. The summed E-state index contributed by atoms with van der Waals surface area (Å²) in [5, 5.41) is 3.91. The Labute approximate surface area is 135 Å². The first-order chi connectivity index (χ1) is 10.6. The number of carbonyl (C=O) groups excluding carboxylic acids is 1. The van der Waals surface area contributed by atoms with Gasteiger partial charge in [0.1, 0.15) is 0 Å². The Morgan fingerprint density at radius 2 is 1.91 bits per heavy atom. The fourth-order valence-electron chi connectivity index (χ4n) is 2.54. The smallest absolute Gasteiger partial charge is 0.260 e. The zero-order chi connectivity index (χ0) is 15.7. The average Bonchev–Trinajstić information content (AvgIpc) is 2.60. The van der Waals surface area contributed by atoms with Gasteiger partial charge in [0.25, 0.3) is 5.91 Å². The van der Waals surface area contributed by atoms with Crippen LogP contribution in [-0.4, -0.2) is 38.0 Å². The molecule has 1 aliphatic heterocycles. The van der Waals surface area contributed by atoms with Gasteiger partial charge in [0.15, 0.2) is 0 Å². The van der Waals surface area contributed by atoms with Gasteiger partial charge < -0.3 is 15.1 Å². The van der Waals surface area contributed by atoms with Crippen molar-refractivity contribution in [2.75, 3.05) is 37.4 Å². The standard InChI is InChI=1S/C17H18ClN3O/c1-20(2)9-10-21-16-6-4-3-5-15(16)19-14-8-7-12(18)11-13(14)17(21)22/h3-8,11,19H,9-10H2,1-2H3. The molecule has 1 N–H and O–H groups in total. The Kier molecular flexibility index (Phi) is 4.05. The van der Waals surface area contributed by atoms with Crippen molar-refractivity contribution in [2.24, 2.45) is 0 Å². The largest absolute Gasteiger partial charge is 0.353 e. The molecule has 3 rings (SSSR count). The quantitative estimate of drug-likeness (QED) is 0.940. The van der Waals surface area contributed by atoms with Gasteiger partial charge in [-0.1, -0.05) is 23.7 Å². The minimum Gasteiger partial charge on any atom is -0.353 e. The summed E-state index contributed by atoms with van der Waals surface area (Å²) < 4.78 is 0. The van der Waals surface area contributed by atoms with Crippen molar-refractivity contribution in [2.45, 2.75) is 0 Å². The highest BCUT2D eigenvalue weighted by molar-refractivity contribution is 6.31. The van der Waals surface area contributed by atoms with Crippen molar-refractivity contribution in [3.05, 3.63) is 53.1 Å². The Hall–Kier alpha value is -2.04. The van der Waals surface area contributed by atoms with E-state index in [1.54, 1.807) is 12.1 Å². The zero-order valence-electron chi connectivity index (χ0n) is 12.6. The molecule has 0 radical (unpaired) electrons. The molecule has 0 aliphatic carbocycles. The van der Waals surface area contributed by atoms with Gasteiger partial charge in [-0.05, 0) is 44.4 Å². The van der Waals surface area contributed by atoms with Crippen LogP contribution in [0.5, 0.6) is 0 Å². The number of hydrogen-bond acceptors (Lipinski definition) is 3. The molecular formula is C17H18ClN3O. The summed E-state index contributed by atoms with van der Waals surface area (Å²) in [6.07, 6.45) is 0. The number of nitrogens with zero attached hydrogens (tertiary/aromatic N) is 2. The second kappa shape index (κ2) is 5.99. The van der Waals surface area contributed by atoms with Crippen LogP contribution in [0.2, 0.25) is 5.02 Å². The number of hydrogen-bond donors (Lipinski definition) is 1. The van der Waals surface area contributed by atoms with Crippen molar-refractivity contribution in [3.8, 4) is 0 Å². The van der Waals surface area contributed by atoms with E-state index in [9.17, 15) is 4.79 Å². The van der Waals surface area contributed by atoms with Gasteiger partial charge in [-0.3, -0.25) is 4.79 Å². The van der Waals surface area contributed by atoms with Gasteiger partial charge in [-0.25, -0.2) is 0 Å². The monoisotopic (exact) mass is 315 g/mol. The van der Waals surface area contributed by atoms with Gasteiger partial charge in [-0.15, -0.1) is 0 Å². The maximum atomic E-state index is 13.0. The third-order valence-corrected chi connectivity index (χ3v) is 3.93. The molecule has 0 atom stereocenters.